The maximum absolute atomic E-state index is 13.6. The zero-order valence-corrected chi connectivity index (χ0v) is 10.2. The molecule has 3 nitrogen and oxygen atoms in total. The smallest absolute Gasteiger partial charge is 0.143 e. The first-order valence-electron chi connectivity index (χ1n) is 6.38. The average Bonchev–Trinajstić information content (AvgIpc) is 3.00. The highest BCUT2D eigenvalue weighted by molar-refractivity contribution is 5.60. The van der Waals surface area contributed by atoms with Crippen LogP contribution >= 0.6 is 0 Å². The van der Waals surface area contributed by atoms with E-state index in [1.54, 1.807) is 6.07 Å². The van der Waals surface area contributed by atoms with Gasteiger partial charge in [0.1, 0.15) is 17.4 Å². The van der Waals surface area contributed by atoms with Crippen LogP contribution in [0.25, 0.3) is 0 Å². The zero-order valence-electron chi connectivity index (χ0n) is 10.2. The van der Waals surface area contributed by atoms with E-state index in [0.717, 1.165) is 38.3 Å². The molecule has 1 aromatic carbocycles. The molecule has 3 rings (SSSR count). The zero-order chi connectivity index (χ0) is 12.6. The number of nitrogens with one attached hydrogen (secondary N) is 1. The van der Waals surface area contributed by atoms with Gasteiger partial charge in [0.2, 0.25) is 0 Å². The first kappa shape index (κ1) is 11.5. The molecular formula is C14H16FN3. The molecule has 0 bridgehead atoms. The molecule has 1 N–H and O–H groups in total. The molecule has 2 fully saturated rings. The number of hydrogen-bond acceptors (Lipinski definition) is 3. The Morgan fingerprint density at radius 1 is 1.39 bits per heavy atom. The molecule has 4 heteroatoms. The third-order valence-corrected chi connectivity index (χ3v) is 4.21. The van der Waals surface area contributed by atoms with Crippen molar-refractivity contribution in [2.75, 3.05) is 31.1 Å². The van der Waals surface area contributed by atoms with Crippen molar-refractivity contribution in [3.8, 4) is 6.07 Å². The summed E-state index contributed by atoms with van der Waals surface area (Å²) in [7, 11) is 0. The number of benzene rings is 1. The monoisotopic (exact) mass is 245 g/mol. The van der Waals surface area contributed by atoms with Crippen molar-refractivity contribution in [3.63, 3.8) is 0 Å². The fourth-order valence-corrected chi connectivity index (χ4v) is 3.17. The Kier molecular flexibility index (Phi) is 2.71. The number of nitriles is 1. The lowest BCUT2D eigenvalue weighted by Gasteiger charge is -2.24. The van der Waals surface area contributed by atoms with E-state index in [1.165, 1.54) is 12.5 Å². The van der Waals surface area contributed by atoms with Crippen LogP contribution in [0.15, 0.2) is 18.2 Å². The molecule has 0 aliphatic carbocycles. The van der Waals surface area contributed by atoms with E-state index in [0.29, 0.717) is 5.41 Å². The predicted molar refractivity (Wildman–Crippen MR) is 67.9 cm³/mol. The third kappa shape index (κ3) is 1.75. The molecule has 0 aromatic heterocycles. The van der Waals surface area contributed by atoms with Crippen molar-refractivity contribution in [1.29, 1.82) is 5.26 Å². The van der Waals surface area contributed by atoms with Gasteiger partial charge in [-0.3, -0.25) is 0 Å². The molecule has 1 aromatic rings. The molecule has 1 spiro atoms. The Morgan fingerprint density at radius 2 is 2.28 bits per heavy atom. The minimum Gasteiger partial charge on any atom is -0.370 e. The maximum Gasteiger partial charge on any atom is 0.143 e. The molecule has 18 heavy (non-hydrogen) atoms. The van der Waals surface area contributed by atoms with Gasteiger partial charge in [0.25, 0.3) is 0 Å². The number of nitrogens with zero attached hydrogens (tertiary/aromatic N) is 2. The third-order valence-electron chi connectivity index (χ3n) is 4.21. The number of hydrogen-bond donors (Lipinski definition) is 1. The SMILES string of the molecule is N#Cc1c(F)cccc1N1CCC2(CCNC2)C1. The maximum atomic E-state index is 13.6. The summed E-state index contributed by atoms with van der Waals surface area (Å²) in [5, 5.41) is 12.5. The van der Waals surface area contributed by atoms with Crippen LogP contribution in [-0.4, -0.2) is 26.2 Å². The lowest BCUT2D eigenvalue weighted by atomic mass is 9.86. The van der Waals surface area contributed by atoms with Gasteiger partial charge in [0.15, 0.2) is 0 Å². The summed E-state index contributed by atoms with van der Waals surface area (Å²) in [6.07, 6.45) is 2.31. The highest BCUT2D eigenvalue weighted by atomic mass is 19.1. The molecule has 1 atom stereocenters. The van der Waals surface area contributed by atoms with Gasteiger partial charge in [-0.2, -0.15) is 5.26 Å². The fraction of sp³-hybridized carbons (Fsp3) is 0.500. The summed E-state index contributed by atoms with van der Waals surface area (Å²) in [5.74, 6) is -0.416. The Hall–Kier alpha value is -1.60. The van der Waals surface area contributed by atoms with Crippen LogP contribution in [0, 0.1) is 22.6 Å². The molecule has 1 unspecified atom stereocenters. The summed E-state index contributed by atoms with van der Waals surface area (Å²) in [6.45, 7) is 3.96. The highest BCUT2D eigenvalue weighted by Gasteiger charge is 2.40. The quantitative estimate of drug-likeness (QED) is 0.821. The first-order valence-corrected chi connectivity index (χ1v) is 6.38. The van der Waals surface area contributed by atoms with Crippen molar-refractivity contribution in [2.24, 2.45) is 5.41 Å². The summed E-state index contributed by atoms with van der Waals surface area (Å²) < 4.78 is 13.6. The van der Waals surface area contributed by atoms with Crippen LogP contribution in [0.4, 0.5) is 10.1 Å². The molecule has 2 saturated heterocycles. The van der Waals surface area contributed by atoms with E-state index in [-0.39, 0.29) is 5.56 Å². The molecule has 2 aliphatic rings. The molecule has 0 radical (unpaired) electrons. The van der Waals surface area contributed by atoms with Crippen LogP contribution in [0.2, 0.25) is 0 Å². The molecule has 0 saturated carbocycles. The summed E-state index contributed by atoms with van der Waals surface area (Å²) >= 11 is 0. The topological polar surface area (TPSA) is 39.1 Å². The number of rotatable bonds is 1. The highest BCUT2D eigenvalue weighted by Crippen LogP contribution is 2.39. The van der Waals surface area contributed by atoms with E-state index < -0.39 is 5.82 Å². The normalized spacial score (nSPS) is 26.8. The van der Waals surface area contributed by atoms with E-state index in [9.17, 15) is 4.39 Å². The predicted octanol–water partition coefficient (Wildman–Crippen LogP) is 1.89. The Bertz CT molecular complexity index is 500. The van der Waals surface area contributed by atoms with Gasteiger partial charge in [-0.1, -0.05) is 6.07 Å². The Labute approximate surface area is 106 Å². The second-order valence-corrected chi connectivity index (χ2v) is 5.34. The van der Waals surface area contributed by atoms with Gasteiger partial charge in [-0.15, -0.1) is 0 Å². The van der Waals surface area contributed by atoms with E-state index in [4.69, 9.17) is 5.26 Å². The van der Waals surface area contributed by atoms with E-state index in [2.05, 4.69) is 10.2 Å². The standard InChI is InChI=1S/C14H16FN3/c15-12-2-1-3-13(11(12)8-16)18-7-5-14(10-18)4-6-17-9-14/h1-3,17H,4-7,9-10H2. The van der Waals surface area contributed by atoms with Gasteiger partial charge < -0.3 is 10.2 Å². The largest absolute Gasteiger partial charge is 0.370 e. The van der Waals surface area contributed by atoms with E-state index in [1.807, 2.05) is 12.1 Å². The Balaban J connectivity index is 1.89. The molecule has 94 valence electrons. The van der Waals surface area contributed by atoms with Crippen LogP contribution in [0.5, 0.6) is 0 Å². The van der Waals surface area contributed by atoms with Crippen molar-refractivity contribution < 1.29 is 4.39 Å². The summed E-state index contributed by atoms with van der Waals surface area (Å²) in [5.41, 5.74) is 1.26. The second-order valence-electron chi connectivity index (χ2n) is 5.34. The first-order chi connectivity index (χ1) is 8.74. The van der Waals surface area contributed by atoms with Gasteiger partial charge in [0, 0.05) is 25.0 Å². The lowest BCUT2D eigenvalue weighted by molar-refractivity contribution is 0.369. The molecule has 0 amide bonds. The van der Waals surface area contributed by atoms with Crippen LogP contribution in [-0.2, 0) is 0 Å². The van der Waals surface area contributed by atoms with Gasteiger partial charge in [-0.05, 0) is 31.5 Å². The van der Waals surface area contributed by atoms with Gasteiger partial charge >= 0.3 is 0 Å². The molecule has 2 heterocycles. The van der Waals surface area contributed by atoms with Crippen LogP contribution < -0.4 is 10.2 Å². The van der Waals surface area contributed by atoms with Gasteiger partial charge in [0.05, 0.1) is 5.69 Å². The van der Waals surface area contributed by atoms with Crippen molar-refractivity contribution in [3.05, 3.63) is 29.6 Å². The van der Waals surface area contributed by atoms with Crippen molar-refractivity contribution in [1.82, 2.24) is 5.32 Å². The van der Waals surface area contributed by atoms with E-state index >= 15 is 0 Å². The number of anilines is 1. The molecular weight excluding hydrogens is 229 g/mol. The minimum atomic E-state index is -0.416. The fourth-order valence-electron chi connectivity index (χ4n) is 3.17. The molecule has 2 aliphatic heterocycles. The average molecular weight is 245 g/mol. The van der Waals surface area contributed by atoms with Crippen molar-refractivity contribution >= 4 is 5.69 Å². The number of halogens is 1. The summed E-state index contributed by atoms with van der Waals surface area (Å²) in [6, 6.07) is 6.87. The second kappa shape index (κ2) is 4.25. The van der Waals surface area contributed by atoms with Crippen LogP contribution in [0.3, 0.4) is 0 Å². The minimum absolute atomic E-state index is 0.181. The summed E-state index contributed by atoms with van der Waals surface area (Å²) in [4.78, 5) is 2.16. The Morgan fingerprint density at radius 3 is 3.00 bits per heavy atom. The van der Waals surface area contributed by atoms with Crippen LogP contribution in [0.1, 0.15) is 18.4 Å². The van der Waals surface area contributed by atoms with Crippen molar-refractivity contribution in [2.45, 2.75) is 12.8 Å². The lowest BCUT2D eigenvalue weighted by Crippen LogP contribution is -2.29. The van der Waals surface area contributed by atoms with Gasteiger partial charge in [-0.25, -0.2) is 4.39 Å².